The summed E-state index contributed by atoms with van der Waals surface area (Å²) in [5.41, 5.74) is 1.36. The highest BCUT2D eigenvalue weighted by atomic mass is 35.5. The summed E-state index contributed by atoms with van der Waals surface area (Å²) >= 11 is 12.1. The van der Waals surface area contributed by atoms with E-state index in [-0.39, 0.29) is 11.6 Å². The van der Waals surface area contributed by atoms with Crippen LogP contribution in [0, 0.1) is 0 Å². The molecule has 1 aliphatic heterocycles. The van der Waals surface area contributed by atoms with Crippen LogP contribution in [0.1, 0.15) is 11.1 Å². The Morgan fingerprint density at radius 1 is 1.17 bits per heavy atom. The average Bonchev–Trinajstić information content (AvgIpc) is 2.91. The molecule has 6 heteroatoms. The van der Waals surface area contributed by atoms with Crippen LogP contribution in [0.2, 0.25) is 10.0 Å². The van der Waals surface area contributed by atoms with Gasteiger partial charge in [0.15, 0.2) is 5.70 Å². The lowest BCUT2D eigenvalue weighted by atomic mass is 10.1. The van der Waals surface area contributed by atoms with Crippen molar-refractivity contribution in [2.24, 2.45) is 4.99 Å². The number of aliphatic imine (C=N–C) groups is 1. The summed E-state index contributed by atoms with van der Waals surface area (Å²) in [7, 11) is 1.56. The van der Waals surface area contributed by atoms with Crippen LogP contribution in [-0.4, -0.2) is 19.0 Å². The second kappa shape index (κ2) is 6.44. The van der Waals surface area contributed by atoms with Crippen LogP contribution >= 0.6 is 23.2 Å². The van der Waals surface area contributed by atoms with Crippen LogP contribution in [0.4, 0.5) is 0 Å². The quantitative estimate of drug-likeness (QED) is 0.612. The van der Waals surface area contributed by atoms with E-state index < -0.39 is 5.97 Å². The molecule has 0 amide bonds. The van der Waals surface area contributed by atoms with E-state index in [0.29, 0.717) is 21.4 Å². The number of esters is 1. The minimum absolute atomic E-state index is 0.128. The van der Waals surface area contributed by atoms with Gasteiger partial charge in [-0.3, -0.25) is 0 Å². The SMILES string of the molecule is COc1ccccc1/C=C1/N=C(c2cc(Cl)ccc2Cl)OC1=O. The third-order valence-corrected chi connectivity index (χ3v) is 3.78. The van der Waals surface area contributed by atoms with Crippen molar-refractivity contribution in [2.75, 3.05) is 7.11 Å². The van der Waals surface area contributed by atoms with Crippen LogP contribution in [0.25, 0.3) is 6.08 Å². The first-order valence-corrected chi connectivity index (χ1v) is 7.45. The van der Waals surface area contributed by atoms with E-state index >= 15 is 0 Å². The topological polar surface area (TPSA) is 47.9 Å². The summed E-state index contributed by atoms with van der Waals surface area (Å²) in [6.45, 7) is 0. The number of halogens is 2. The Morgan fingerprint density at radius 3 is 2.74 bits per heavy atom. The third-order valence-electron chi connectivity index (χ3n) is 3.21. The standard InChI is InChI=1S/C17H11Cl2NO3/c1-22-15-5-3-2-4-10(15)8-14-17(21)23-16(20-14)12-9-11(18)6-7-13(12)19/h2-9H,1H3/b14-8+. The van der Waals surface area contributed by atoms with Gasteiger partial charge in [0.1, 0.15) is 5.75 Å². The number of nitrogens with zero attached hydrogens (tertiary/aromatic N) is 1. The van der Waals surface area contributed by atoms with E-state index in [1.807, 2.05) is 18.2 Å². The molecule has 1 heterocycles. The van der Waals surface area contributed by atoms with Gasteiger partial charge in [0.05, 0.1) is 17.7 Å². The summed E-state index contributed by atoms with van der Waals surface area (Å²) in [5, 5.41) is 0.879. The number of carbonyl (C=O) groups excluding carboxylic acids is 1. The van der Waals surface area contributed by atoms with Gasteiger partial charge in [-0.15, -0.1) is 0 Å². The zero-order valence-electron chi connectivity index (χ0n) is 12.0. The minimum atomic E-state index is -0.554. The van der Waals surface area contributed by atoms with Crippen molar-refractivity contribution in [1.29, 1.82) is 0 Å². The molecule has 0 unspecified atom stereocenters. The fourth-order valence-electron chi connectivity index (χ4n) is 2.12. The lowest BCUT2D eigenvalue weighted by Gasteiger charge is -2.03. The number of cyclic esters (lactones) is 1. The summed E-state index contributed by atoms with van der Waals surface area (Å²) in [6, 6.07) is 12.2. The summed E-state index contributed by atoms with van der Waals surface area (Å²) in [4.78, 5) is 16.3. The van der Waals surface area contributed by atoms with Crippen molar-refractivity contribution in [3.05, 3.63) is 69.3 Å². The Hall–Kier alpha value is -2.30. The van der Waals surface area contributed by atoms with Crippen LogP contribution < -0.4 is 4.74 Å². The molecule has 2 aromatic carbocycles. The van der Waals surface area contributed by atoms with Crippen molar-refractivity contribution in [3.63, 3.8) is 0 Å². The number of rotatable bonds is 3. The number of carbonyl (C=O) groups is 1. The Balaban J connectivity index is 2.01. The first-order valence-electron chi connectivity index (χ1n) is 6.69. The fourth-order valence-corrected chi connectivity index (χ4v) is 2.49. The monoisotopic (exact) mass is 347 g/mol. The number of methoxy groups -OCH3 is 1. The molecule has 116 valence electrons. The minimum Gasteiger partial charge on any atom is -0.496 e. The summed E-state index contributed by atoms with van der Waals surface area (Å²) in [5.74, 6) is 0.211. The van der Waals surface area contributed by atoms with E-state index in [9.17, 15) is 4.79 Å². The second-order valence-corrected chi connectivity index (χ2v) is 5.55. The smallest absolute Gasteiger partial charge is 0.363 e. The zero-order chi connectivity index (χ0) is 16.4. The van der Waals surface area contributed by atoms with Crippen molar-refractivity contribution in [3.8, 4) is 5.75 Å². The van der Waals surface area contributed by atoms with Crippen LogP contribution in [0.5, 0.6) is 5.75 Å². The molecule has 0 spiro atoms. The second-order valence-electron chi connectivity index (χ2n) is 4.70. The highest BCUT2D eigenvalue weighted by Crippen LogP contribution is 2.27. The molecule has 0 aromatic heterocycles. The first kappa shape index (κ1) is 15.6. The van der Waals surface area contributed by atoms with Crippen molar-refractivity contribution in [1.82, 2.24) is 0 Å². The van der Waals surface area contributed by atoms with Gasteiger partial charge in [-0.05, 0) is 30.3 Å². The van der Waals surface area contributed by atoms with E-state index in [1.165, 1.54) is 0 Å². The van der Waals surface area contributed by atoms with E-state index in [1.54, 1.807) is 37.5 Å². The van der Waals surface area contributed by atoms with Gasteiger partial charge in [0.2, 0.25) is 5.90 Å². The molecule has 0 radical (unpaired) electrons. The van der Waals surface area contributed by atoms with Gasteiger partial charge >= 0.3 is 5.97 Å². The van der Waals surface area contributed by atoms with Gasteiger partial charge in [-0.2, -0.15) is 0 Å². The predicted octanol–water partition coefficient (Wildman–Crippen LogP) is 4.35. The number of hydrogen-bond donors (Lipinski definition) is 0. The molecule has 0 saturated carbocycles. The summed E-state index contributed by atoms with van der Waals surface area (Å²) < 4.78 is 10.5. The molecule has 0 aliphatic carbocycles. The maximum Gasteiger partial charge on any atom is 0.363 e. The molecule has 3 rings (SSSR count). The van der Waals surface area contributed by atoms with Crippen LogP contribution in [0.3, 0.4) is 0 Å². The molecule has 1 aliphatic rings. The molecule has 2 aromatic rings. The molecule has 0 bridgehead atoms. The lowest BCUT2D eigenvalue weighted by molar-refractivity contribution is -0.129. The van der Waals surface area contributed by atoms with E-state index in [0.717, 1.165) is 5.56 Å². The predicted molar refractivity (Wildman–Crippen MR) is 90.1 cm³/mol. The lowest BCUT2D eigenvalue weighted by Crippen LogP contribution is -2.06. The van der Waals surface area contributed by atoms with Gasteiger partial charge in [0, 0.05) is 10.6 Å². The number of para-hydroxylation sites is 1. The van der Waals surface area contributed by atoms with Crippen LogP contribution in [-0.2, 0) is 9.53 Å². The number of hydrogen-bond acceptors (Lipinski definition) is 4. The zero-order valence-corrected chi connectivity index (χ0v) is 13.6. The first-order chi connectivity index (χ1) is 11.1. The Labute approximate surface area is 143 Å². The number of benzene rings is 2. The largest absolute Gasteiger partial charge is 0.496 e. The Morgan fingerprint density at radius 2 is 1.96 bits per heavy atom. The molecular formula is C17H11Cl2NO3. The normalized spacial score (nSPS) is 15.5. The molecule has 4 nitrogen and oxygen atoms in total. The van der Waals surface area contributed by atoms with Crippen molar-refractivity contribution < 1.29 is 14.3 Å². The highest BCUT2D eigenvalue weighted by Gasteiger charge is 2.26. The fraction of sp³-hybridized carbons (Fsp3) is 0.0588. The summed E-state index contributed by atoms with van der Waals surface area (Å²) in [6.07, 6.45) is 1.60. The number of ether oxygens (including phenoxy) is 2. The van der Waals surface area contributed by atoms with Crippen LogP contribution in [0.15, 0.2) is 53.2 Å². The molecule has 23 heavy (non-hydrogen) atoms. The molecular weight excluding hydrogens is 337 g/mol. The third kappa shape index (κ3) is 3.23. The Kier molecular flexibility index (Phi) is 4.37. The van der Waals surface area contributed by atoms with E-state index in [4.69, 9.17) is 32.7 Å². The van der Waals surface area contributed by atoms with Gasteiger partial charge in [-0.1, -0.05) is 41.4 Å². The maximum absolute atomic E-state index is 12.0. The van der Waals surface area contributed by atoms with Gasteiger partial charge in [-0.25, -0.2) is 9.79 Å². The van der Waals surface area contributed by atoms with Crippen molar-refractivity contribution >= 4 is 41.1 Å². The van der Waals surface area contributed by atoms with Gasteiger partial charge < -0.3 is 9.47 Å². The maximum atomic E-state index is 12.0. The molecule has 0 fully saturated rings. The molecule has 0 N–H and O–H groups in total. The Bertz CT molecular complexity index is 843. The average molecular weight is 348 g/mol. The van der Waals surface area contributed by atoms with Gasteiger partial charge in [0.25, 0.3) is 0 Å². The van der Waals surface area contributed by atoms with E-state index in [2.05, 4.69) is 4.99 Å². The highest BCUT2D eigenvalue weighted by molar-refractivity contribution is 6.36. The molecule has 0 atom stereocenters. The molecule has 0 saturated heterocycles. The van der Waals surface area contributed by atoms with Crippen molar-refractivity contribution in [2.45, 2.75) is 0 Å².